The van der Waals surface area contributed by atoms with Crippen molar-refractivity contribution < 1.29 is 9.18 Å². The molecule has 1 amide bonds. The molecule has 0 N–H and O–H groups in total. The summed E-state index contributed by atoms with van der Waals surface area (Å²) in [5.41, 5.74) is 0. The summed E-state index contributed by atoms with van der Waals surface area (Å²) in [6.45, 7) is 4.21. The van der Waals surface area contributed by atoms with Crippen molar-refractivity contribution in [2.75, 3.05) is 25.0 Å². The number of aromatic nitrogens is 2. The number of carbonyl (C=O) groups is 1. The fraction of sp³-hybridized carbons (Fsp3) is 0.462. The number of anilines is 1. The zero-order valence-corrected chi connectivity index (χ0v) is 10.9. The van der Waals surface area contributed by atoms with E-state index in [-0.39, 0.29) is 11.9 Å². The Labute approximate surface area is 111 Å². The van der Waals surface area contributed by atoms with Crippen molar-refractivity contribution in [1.82, 2.24) is 14.9 Å². The smallest absolute Gasteiger partial charge is 0.245 e. The van der Waals surface area contributed by atoms with Crippen molar-refractivity contribution in [3.63, 3.8) is 0 Å². The largest absolute Gasteiger partial charge is 0.349 e. The molecule has 1 aliphatic heterocycles. The number of alkyl halides is 1. The van der Waals surface area contributed by atoms with Crippen LogP contribution in [0.1, 0.15) is 6.42 Å². The Balaban J connectivity index is 2.10. The summed E-state index contributed by atoms with van der Waals surface area (Å²) in [6, 6.07) is 1.68. The van der Waals surface area contributed by atoms with Crippen LogP contribution in [0.25, 0.3) is 0 Å². The number of rotatable bonds is 4. The number of nitrogens with zero attached hydrogens (tertiary/aromatic N) is 4. The number of hydrogen-bond donors (Lipinski definition) is 0. The number of hydrogen-bond acceptors (Lipinski definition) is 4. The van der Waals surface area contributed by atoms with Crippen LogP contribution in [0.2, 0.25) is 0 Å². The van der Waals surface area contributed by atoms with Crippen molar-refractivity contribution in [3.05, 3.63) is 31.2 Å². The zero-order valence-electron chi connectivity index (χ0n) is 10.9. The average Bonchev–Trinajstić information content (AvgIpc) is 2.79. The Morgan fingerprint density at radius 1 is 1.74 bits per heavy atom. The Morgan fingerprint density at radius 2 is 2.53 bits per heavy atom. The number of halogens is 1. The van der Waals surface area contributed by atoms with Gasteiger partial charge in [0.05, 0.1) is 12.6 Å². The molecule has 1 aliphatic rings. The first-order chi connectivity index (χ1) is 9.11. The van der Waals surface area contributed by atoms with Gasteiger partial charge in [-0.15, -0.1) is 0 Å². The molecule has 0 bridgehead atoms. The molecule has 0 aliphatic carbocycles. The van der Waals surface area contributed by atoms with Crippen LogP contribution < -0.4 is 4.90 Å². The van der Waals surface area contributed by atoms with E-state index < -0.39 is 6.17 Å². The fourth-order valence-electron chi connectivity index (χ4n) is 2.33. The van der Waals surface area contributed by atoms with E-state index in [0.717, 1.165) is 0 Å². The van der Waals surface area contributed by atoms with Gasteiger partial charge in [-0.05, 0) is 12.1 Å². The number of likely N-dealkylation sites (N-methyl/N-ethyl adjacent to an activating group) is 1. The van der Waals surface area contributed by atoms with Crippen molar-refractivity contribution >= 4 is 11.7 Å². The van der Waals surface area contributed by atoms with Crippen LogP contribution in [0.5, 0.6) is 0 Å². The van der Waals surface area contributed by atoms with Crippen LogP contribution in [-0.2, 0) is 4.79 Å². The Bertz CT molecular complexity index is 453. The summed E-state index contributed by atoms with van der Waals surface area (Å²) in [6.07, 6.45) is 3.84. The molecule has 0 spiro atoms. The predicted molar refractivity (Wildman–Crippen MR) is 70.5 cm³/mol. The summed E-state index contributed by atoms with van der Waals surface area (Å²) in [5.74, 6) is 0.532. The lowest BCUT2D eigenvalue weighted by atomic mass is 10.2. The van der Waals surface area contributed by atoms with Gasteiger partial charge in [0.2, 0.25) is 5.91 Å². The van der Waals surface area contributed by atoms with E-state index >= 15 is 0 Å². The van der Waals surface area contributed by atoms with E-state index in [1.807, 2.05) is 4.90 Å². The second kappa shape index (κ2) is 5.77. The molecule has 19 heavy (non-hydrogen) atoms. The molecular formula is C13H17FN4O. The molecule has 1 saturated heterocycles. The van der Waals surface area contributed by atoms with Gasteiger partial charge >= 0.3 is 0 Å². The van der Waals surface area contributed by atoms with Gasteiger partial charge in [-0.25, -0.2) is 14.4 Å². The molecule has 1 aromatic heterocycles. The SMILES string of the molecule is C=CC(=O)N(C)C[C@@H]1C[C@H](F)CN1c1ccncn1. The summed E-state index contributed by atoms with van der Waals surface area (Å²) in [4.78, 5) is 22.9. The van der Waals surface area contributed by atoms with Gasteiger partial charge in [0, 0.05) is 26.2 Å². The predicted octanol–water partition coefficient (Wildman–Crippen LogP) is 1.04. The maximum atomic E-state index is 13.6. The van der Waals surface area contributed by atoms with E-state index in [1.54, 1.807) is 24.2 Å². The van der Waals surface area contributed by atoms with Gasteiger partial charge in [-0.2, -0.15) is 0 Å². The van der Waals surface area contributed by atoms with Crippen molar-refractivity contribution in [2.45, 2.75) is 18.6 Å². The molecule has 102 valence electrons. The second-order valence-electron chi connectivity index (χ2n) is 4.63. The monoisotopic (exact) mass is 264 g/mol. The van der Waals surface area contributed by atoms with Crippen molar-refractivity contribution in [3.8, 4) is 0 Å². The molecule has 6 heteroatoms. The maximum absolute atomic E-state index is 13.6. The molecule has 2 rings (SSSR count). The van der Waals surface area contributed by atoms with Crippen molar-refractivity contribution in [2.24, 2.45) is 0 Å². The highest BCUT2D eigenvalue weighted by molar-refractivity contribution is 5.86. The summed E-state index contributed by atoms with van der Waals surface area (Å²) in [5, 5.41) is 0. The molecule has 2 heterocycles. The van der Waals surface area contributed by atoms with E-state index in [0.29, 0.717) is 25.3 Å². The van der Waals surface area contributed by atoms with Gasteiger partial charge < -0.3 is 9.80 Å². The van der Waals surface area contributed by atoms with Crippen LogP contribution in [0.15, 0.2) is 31.2 Å². The lowest BCUT2D eigenvalue weighted by molar-refractivity contribution is -0.124. The van der Waals surface area contributed by atoms with Crippen molar-refractivity contribution in [1.29, 1.82) is 0 Å². The molecule has 5 nitrogen and oxygen atoms in total. The van der Waals surface area contributed by atoms with Gasteiger partial charge in [0.15, 0.2) is 0 Å². The minimum Gasteiger partial charge on any atom is -0.349 e. The van der Waals surface area contributed by atoms with Crippen LogP contribution in [0.3, 0.4) is 0 Å². The highest BCUT2D eigenvalue weighted by Gasteiger charge is 2.34. The fourth-order valence-corrected chi connectivity index (χ4v) is 2.33. The van der Waals surface area contributed by atoms with E-state index in [2.05, 4.69) is 16.5 Å². The van der Waals surface area contributed by atoms with Crippen LogP contribution in [-0.4, -0.2) is 53.1 Å². The third-order valence-electron chi connectivity index (χ3n) is 3.26. The third kappa shape index (κ3) is 3.07. The second-order valence-corrected chi connectivity index (χ2v) is 4.63. The number of amides is 1. The molecule has 1 aromatic rings. The Morgan fingerprint density at radius 3 is 3.16 bits per heavy atom. The molecule has 2 atom stereocenters. The highest BCUT2D eigenvalue weighted by atomic mass is 19.1. The summed E-state index contributed by atoms with van der Waals surface area (Å²) in [7, 11) is 1.69. The first-order valence-electron chi connectivity index (χ1n) is 6.16. The normalized spacial score (nSPS) is 22.3. The topological polar surface area (TPSA) is 49.3 Å². The summed E-state index contributed by atoms with van der Waals surface area (Å²) < 4.78 is 13.6. The van der Waals surface area contributed by atoms with Gasteiger partial charge in [0.1, 0.15) is 18.3 Å². The minimum absolute atomic E-state index is 0.0706. The lowest BCUT2D eigenvalue weighted by Gasteiger charge is -2.28. The van der Waals surface area contributed by atoms with E-state index in [4.69, 9.17) is 0 Å². The quantitative estimate of drug-likeness (QED) is 0.762. The van der Waals surface area contributed by atoms with E-state index in [1.165, 1.54) is 12.4 Å². The van der Waals surface area contributed by atoms with Crippen LogP contribution in [0.4, 0.5) is 10.2 Å². The average molecular weight is 264 g/mol. The van der Waals surface area contributed by atoms with E-state index in [9.17, 15) is 9.18 Å². The Hall–Kier alpha value is -1.98. The van der Waals surface area contributed by atoms with Crippen LogP contribution >= 0.6 is 0 Å². The standard InChI is InChI=1S/C13H17FN4O/c1-3-13(19)17(2)8-11-6-10(14)7-18(11)12-4-5-15-9-16-12/h3-5,9-11H,1,6-8H2,2H3/t10-,11-/m0/s1. The Kier molecular flexibility index (Phi) is 4.09. The van der Waals surface area contributed by atoms with Gasteiger partial charge in [0.25, 0.3) is 0 Å². The number of carbonyl (C=O) groups excluding carboxylic acids is 1. The first-order valence-corrected chi connectivity index (χ1v) is 6.16. The molecule has 0 saturated carbocycles. The molecular weight excluding hydrogens is 247 g/mol. The summed E-state index contributed by atoms with van der Waals surface area (Å²) >= 11 is 0. The minimum atomic E-state index is -0.896. The third-order valence-corrected chi connectivity index (χ3v) is 3.26. The molecule has 0 radical (unpaired) electrons. The first kappa shape index (κ1) is 13.5. The highest BCUT2D eigenvalue weighted by Crippen LogP contribution is 2.25. The molecule has 1 fully saturated rings. The van der Waals surface area contributed by atoms with Gasteiger partial charge in [-0.3, -0.25) is 4.79 Å². The zero-order chi connectivity index (χ0) is 13.8. The van der Waals surface area contributed by atoms with Crippen LogP contribution in [0, 0.1) is 0 Å². The molecule has 0 unspecified atom stereocenters. The molecule has 0 aromatic carbocycles. The maximum Gasteiger partial charge on any atom is 0.245 e. The lowest BCUT2D eigenvalue weighted by Crippen LogP contribution is -2.41. The van der Waals surface area contributed by atoms with Gasteiger partial charge in [-0.1, -0.05) is 6.58 Å².